The van der Waals surface area contributed by atoms with Gasteiger partial charge in [0.25, 0.3) is 0 Å². The fourth-order valence-electron chi connectivity index (χ4n) is 2.19. The normalized spacial score (nSPS) is 14.0. The Bertz CT molecular complexity index is 407. The molecule has 0 unspecified atom stereocenters. The van der Waals surface area contributed by atoms with Crippen molar-refractivity contribution in [2.75, 3.05) is 0 Å². The van der Waals surface area contributed by atoms with E-state index in [0.717, 1.165) is 0 Å². The van der Waals surface area contributed by atoms with E-state index >= 15 is 0 Å². The summed E-state index contributed by atoms with van der Waals surface area (Å²) in [6, 6.07) is 13.2. The van der Waals surface area contributed by atoms with Gasteiger partial charge < -0.3 is 0 Å². The zero-order valence-corrected chi connectivity index (χ0v) is 6.88. The highest BCUT2D eigenvalue weighted by molar-refractivity contribution is 5.90. The average Bonchev–Trinajstić information content (AvgIpc) is 2.52. The van der Waals surface area contributed by atoms with Crippen molar-refractivity contribution in [1.29, 1.82) is 0 Å². The van der Waals surface area contributed by atoms with Crippen LogP contribution in [0.4, 0.5) is 0 Å². The van der Waals surface area contributed by atoms with Crippen LogP contribution in [0.2, 0.25) is 0 Å². The van der Waals surface area contributed by atoms with Crippen LogP contribution in [0.25, 0.3) is 10.8 Å². The maximum absolute atomic E-state index is 2.25. The first kappa shape index (κ1) is 6.24. The molecule has 0 spiro atoms. The number of rotatable bonds is 0. The van der Waals surface area contributed by atoms with Gasteiger partial charge in [0.05, 0.1) is 0 Å². The first-order chi connectivity index (χ1) is 5.95. The molecule has 0 bridgehead atoms. The Balaban J connectivity index is 0.000000653. The van der Waals surface area contributed by atoms with E-state index in [0.29, 0.717) is 0 Å². The van der Waals surface area contributed by atoms with Gasteiger partial charge in [0.15, 0.2) is 0 Å². The van der Waals surface area contributed by atoms with E-state index < -0.39 is 0 Å². The Kier molecular flexibility index (Phi) is 1.09. The molecule has 0 heteroatoms. The van der Waals surface area contributed by atoms with Gasteiger partial charge in [0, 0.05) is 0 Å². The Morgan fingerprint density at radius 1 is 0.833 bits per heavy atom. The van der Waals surface area contributed by atoms with Crippen LogP contribution in [0.3, 0.4) is 0 Å². The van der Waals surface area contributed by atoms with Crippen molar-refractivity contribution in [2.24, 2.45) is 0 Å². The Labute approximate surface area is 73.3 Å². The van der Waals surface area contributed by atoms with Crippen molar-refractivity contribution in [1.82, 2.24) is 0 Å². The van der Waals surface area contributed by atoms with Crippen LogP contribution in [-0.4, -0.2) is 0 Å². The zero-order chi connectivity index (χ0) is 7.97. The highest BCUT2D eigenvalue weighted by atomic mass is 14.2. The molecule has 0 amide bonds. The second-order valence-corrected chi connectivity index (χ2v) is 3.43. The van der Waals surface area contributed by atoms with Crippen molar-refractivity contribution >= 4 is 10.8 Å². The monoisotopic (exact) mass is 155 g/mol. The van der Waals surface area contributed by atoms with Gasteiger partial charge >= 0.3 is 1.43 Å². The molecule has 0 radical (unpaired) electrons. The summed E-state index contributed by atoms with van der Waals surface area (Å²) in [5.41, 5.74) is 3.06. The molecule has 0 aromatic heterocycles. The quantitative estimate of drug-likeness (QED) is 0.548. The average molecular weight is 155 g/mol. The second kappa shape index (κ2) is 2.10. The predicted octanol–water partition coefficient (Wildman–Crippen LogP) is 3.05. The van der Waals surface area contributed by atoms with Crippen molar-refractivity contribution < 1.29 is 1.43 Å². The van der Waals surface area contributed by atoms with Crippen LogP contribution in [0, 0.1) is 0 Å². The van der Waals surface area contributed by atoms with Crippen molar-refractivity contribution in [3.8, 4) is 0 Å². The van der Waals surface area contributed by atoms with Crippen molar-refractivity contribution in [3.63, 3.8) is 0 Å². The summed E-state index contributed by atoms with van der Waals surface area (Å²) in [6.07, 6.45) is 2.47. The van der Waals surface area contributed by atoms with E-state index in [1.807, 2.05) is 0 Å². The molecule has 0 N–H and O–H groups in total. The van der Waals surface area contributed by atoms with Crippen LogP contribution in [-0.2, 0) is 12.8 Å². The smallest absolute Gasteiger partial charge is 0.0614 e. The summed E-state index contributed by atoms with van der Waals surface area (Å²) in [4.78, 5) is 0. The van der Waals surface area contributed by atoms with E-state index in [9.17, 15) is 0 Å². The molecular formula is C12H11+. The van der Waals surface area contributed by atoms with Crippen molar-refractivity contribution in [3.05, 3.63) is 47.5 Å². The Hall–Kier alpha value is -1.30. The summed E-state index contributed by atoms with van der Waals surface area (Å²) < 4.78 is 0. The van der Waals surface area contributed by atoms with Gasteiger partial charge in [-0.1, -0.05) is 36.4 Å². The first-order valence-electron chi connectivity index (χ1n) is 4.45. The van der Waals surface area contributed by atoms with E-state index in [2.05, 4.69) is 36.4 Å². The molecule has 1 aliphatic carbocycles. The highest BCUT2D eigenvalue weighted by Crippen LogP contribution is 2.29. The van der Waals surface area contributed by atoms with E-state index in [4.69, 9.17) is 0 Å². The third-order valence-electron chi connectivity index (χ3n) is 2.74. The molecule has 0 fully saturated rings. The lowest BCUT2D eigenvalue weighted by atomic mass is 10.1. The molecule has 0 atom stereocenters. The van der Waals surface area contributed by atoms with Gasteiger partial charge in [-0.25, -0.2) is 0 Å². The number of aryl methyl sites for hydroxylation is 2. The molecule has 0 heterocycles. The maximum atomic E-state index is 2.25. The minimum absolute atomic E-state index is 0. The molecule has 58 valence electrons. The first-order valence-corrected chi connectivity index (χ1v) is 4.45. The van der Waals surface area contributed by atoms with Crippen LogP contribution in [0.1, 0.15) is 12.6 Å². The van der Waals surface area contributed by atoms with Gasteiger partial charge in [-0.2, -0.15) is 0 Å². The molecule has 3 rings (SSSR count). The zero-order valence-electron chi connectivity index (χ0n) is 7.88. The molecular weight excluding hydrogens is 144 g/mol. The molecule has 1 aliphatic rings. The molecule has 0 nitrogen and oxygen atoms in total. The van der Waals surface area contributed by atoms with Gasteiger partial charge in [-0.15, -0.1) is 0 Å². The van der Waals surface area contributed by atoms with Gasteiger partial charge in [-0.3, -0.25) is 0 Å². The molecule has 0 saturated carbocycles. The fraction of sp³-hybridized carbons (Fsp3) is 0.167. The van der Waals surface area contributed by atoms with E-state index in [1.165, 1.54) is 34.7 Å². The summed E-state index contributed by atoms with van der Waals surface area (Å²) >= 11 is 0. The third kappa shape index (κ3) is 0.672. The third-order valence-corrected chi connectivity index (χ3v) is 2.74. The van der Waals surface area contributed by atoms with Crippen LogP contribution in [0.5, 0.6) is 0 Å². The van der Waals surface area contributed by atoms with E-state index in [-0.39, 0.29) is 1.43 Å². The fourth-order valence-corrected chi connectivity index (χ4v) is 2.19. The topological polar surface area (TPSA) is 0 Å². The lowest BCUT2D eigenvalue weighted by Gasteiger charge is -1.99. The number of benzene rings is 2. The minimum Gasteiger partial charge on any atom is -0.0614 e. The largest absolute Gasteiger partial charge is 1.00 e. The SMILES string of the molecule is [H+].c1cc2c3c(cccc3c1)CC2. The molecule has 0 saturated heterocycles. The van der Waals surface area contributed by atoms with Crippen LogP contribution < -0.4 is 0 Å². The molecule has 0 aliphatic heterocycles. The summed E-state index contributed by atoms with van der Waals surface area (Å²) in [5, 5.41) is 2.92. The number of hydrogen-bond donors (Lipinski definition) is 0. The van der Waals surface area contributed by atoms with Gasteiger partial charge in [0.1, 0.15) is 0 Å². The number of hydrogen-bond acceptors (Lipinski definition) is 0. The lowest BCUT2D eigenvalue weighted by Crippen LogP contribution is -1.76. The Morgan fingerprint density at radius 2 is 1.42 bits per heavy atom. The van der Waals surface area contributed by atoms with E-state index in [1.54, 1.807) is 0 Å². The van der Waals surface area contributed by atoms with Crippen LogP contribution >= 0.6 is 0 Å². The maximum Gasteiger partial charge on any atom is 1.00 e. The minimum atomic E-state index is 0. The highest BCUT2D eigenvalue weighted by Gasteiger charge is 2.11. The van der Waals surface area contributed by atoms with Crippen LogP contribution in [0.15, 0.2) is 36.4 Å². The summed E-state index contributed by atoms with van der Waals surface area (Å²) in [5.74, 6) is 0. The van der Waals surface area contributed by atoms with Gasteiger partial charge in [-0.05, 0) is 34.7 Å². The molecule has 2 aromatic carbocycles. The summed E-state index contributed by atoms with van der Waals surface area (Å²) in [6.45, 7) is 0. The predicted molar refractivity (Wildman–Crippen MR) is 52.5 cm³/mol. The molecule has 12 heavy (non-hydrogen) atoms. The van der Waals surface area contributed by atoms with Gasteiger partial charge in [0.2, 0.25) is 0 Å². The van der Waals surface area contributed by atoms with Crippen molar-refractivity contribution in [2.45, 2.75) is 12.8 Å². The summed E-state index contributed by atoms with van der Waals surface area (Å²) in [7, 11) is 0. The standard InChI is InChI=1S/C12H10/c1-3-9-4-2-6-11-8-7-10(5-1)12(9)11/h1-6H,7-8H2/p+1. The second-order valence-electron chi connectivity index (χ2n) is 3.43. The Morgan fingerprint density at radius 3 is 2.00 bits per heavy atom. The molecule has 2 aromatic rings. The lowest BCUT2D eigenvalue weighted by molar-refractivity contribution is 1.02.